The largest absolute Gasteiger partial charge is 0.491 e. The molecule has 8 nitrogen and oxygen atoms in total. The van der Waals surface area contributed by atoms with Crippen molar-refractivity contribution >= 4 is 11.6 Å². The van der Waals surface area contributed by atoms with Crippen molar-refractivity contribution in [1.82, 2.24) is 5.01 Å². The van der Waals surface area contributed by atoms with Gasteiger partial charge in [-0.3, -0.25) is 0 Å². The van der Waals surface area contributed by atoms with Gasteiger partial charge in [0.2, 0.25) is 0 Å². The van der Waals surface area contributed by atoms with E-state index in [0.717, 1.165) is 11.1 Å². The van der Waals surface area contributed by atoms with Gasteiger partial charge in [0, 0.05) is 11.1 Å². The molecule has 2 rings (SSSR count). The minimum Gasteiger partial charge on any atom is -0.491 e. The van der Waals surface area contributed by atoms with E-state index in [4.69, 9.17) is 32.7 Å². The first kappa shape index (κ1) is 31.5. The quantitative estimate of drug-likeness (QED) is 0.153. The molecular weight excluding hydrogens is 482 g/mol. The van der Waals surface area contributed by atoms with Crippen LogP contribution in [0, 0.1) is 0 Å². The van der Waals surface area contributed by atoms with E-state index in [0.29, 0.717) is 22.9 Å². The fourth-order valence-corrected chi connectivity index (χ4v) is 3.45. The minimum atomic E-state index is -0.867. The lowest BCUT2D eigenvalue weighted by molar-refractivity contribution is 0.0741. The minimum absolute atomic E-state index is 0.0403. The highest BCUT2D eigenvalue weighted by atomic mass is 35.5. The molecule has 2 aromatic rings. The standard InChI is InChI=1S/C25H36ClN3O5.C2H6/c1-17(27)24(14-30)29(28)13-21(32)16-34-23-10-6-19(7-11-23)25(2,3)18-4-8-22(9-5-18)33-15-20(31)12-26;1-2/h4-11,20-21,30-32H,12-16,27-28H2,1-3H3;1-2H3/b24-17-;. The maximum atomic E-state index is 10.2. The highest BCUT2D eigenvalue weighted by Crippen LogP contribution is 2.33. The third kappa shape index (κ3) is 9.52. The summed E-state index contributed by atoms with van der Waals surface area (Å²) in [4.78, 5) is 0. The Hall–Kier alpha value is -2.49. The van der Waals surface area contributed by atoms with Gasteiger partial charge in [-0.2, -0.15) is 0 Å². The lowest BCUT2D eigenvalue weighted by atomic mass is 9.78. The van der Waals surface area contributed by atoms with Gasteiger partial charge in [0.05, 0.1) is 24.7 Å². The van der Waals surface area contributed by atoms with Crippen LogP contribution >= 0.6 is 11.6 Å². The first-order chi connectivity index (χ1) is 17.1. The summed E-state index contributed by atoms with van der Waals surface area (Å²) in [6.07, 6.45) is -1.56. The van der Waals surface area contributed by atoms with Gasteiger partial charge in [0.1, 0.15) is 36.9 Å². The summed E-state index contributed by atoms with van der Waals surface area (Å²) in [5.74, 6) is 7.29. The van der Waals surface area contributed by atoms with Crippen molar-refractivity contribution in [3.05, 3.63) is 71.1 Å². The molecular formula is C27H42ClN3O5. The van der Waals surface area contributed by atoms with Crippen molar-refractivity contribution in [3.63, 3.8) is 0 Å². The van der Waals surface area contributed by atoms with Crippen molar-refractivity contribution in [2.75, 3.05) is 32.2 Å². The Morgan fingerprint density at radius 1 is 0.917 bits per heavy atom. The highest BCUT2D eigenvalue weighted by molar-refractivity contribution is 6.18. The molecule has 2 aromatic carbocycles. The van der Waals surface area contributed by atoms with Gasteiger partial charge in [-0.05, 0) is 42.3 Å². The van der Waals surface area contributed by atoms with E-state index in [9.17, 15) is 15.3 Å². The van der Waals surface area contributed by atoms with Crippen molar-refractivity contribution in [2.45, 2.75) is 52.2 Å². The van der Waals surface area contributed by atoms with Gasteiger partial charge in [-0.1, -0.05) is 52.0 Å². The molecule has 0 spiro atoms. The van der Waals surface area contributed by atoms with Crippen molar-refractivity contribution < 1.29 is 24.8 Å². The summed E-state index contributed by atoms with van der Waals surface area (Å²) < 4.78 is 11.2. The van der Waals surface area contributed by atoms with Crippen LogP contribution < -0.4 is 21.1 Å². The molecule has 0 saturated carbocycles. The molecule has 202 valence electrons. The van der Waals surface area contributed by atoms with Crippen molar-refractivity contribution in [1.29, 1.82) is 0 Å². The monoisotopic (exact) mass is 523 g/mol. The van der Waals surface area contributed by atoms with Crippen LogP contribution in [0.3, 0.4) is 0 Å². The third-order valence-corrected chi connectivity index (χ3v) is 5.93. The van der Waals surface area contributed by atoms with Crippen LogP contribution in [0.1, 0.15) is 45.7 Å². The summed E-state index contributed by atoms with van der Waals surface area (Å²) in [5, 5.41) is 30.3. The Labute approximate surface area is 220 Å². The number of hydrazine groups is 1. The van der Waals surface area contributed by atoms with Crippen LogP contribution in [0.15, 0.2) is 59.9 Å². The molecule has 0 radical (unpaired) electrons. The normalized spacial score (nSPS) is 13.6. The number of aliphatic hydroxyl groups excluding tert-OH is 3. The molecule has 0 fully saturated rings. The summed E-state index contributed by atoms with van der Waals surface area (Å²) in [7, 11) is 0. The molecule has 0 aliphatic carbocycles. The number of aliphatic hydroxyl groups is 3. The van der Waals surface area contributed by atoms with Crippen LogP contribution in [0.4, 0.5) is 0 Å². The second-order valence-corrected chi connectivity index (χ2v) is 9.01. The van der Waals surface area contributed by atoms with E-state index >= 15 is 0 Å². The molecule has 0 aliphatic heterocycles. The summed E-state index contributed by atoms with van der Waals surface area (Å²) >= 11 is 5.59. The van der Waals surface area contributed by atoms with E-state index in [1.807, 2.05) is 62.4 Å². The molecule has 36 heavy (non-hydrogen) atoms. The second-order valence-electron chi connectivity index (χ2n) is 8.70. The van der Waals surface area contributed by atoms with Gasteiger partial charge >= 0.3 is 0 Å². The smallest absolute Gasteiger partial charge is 0.119 e. The highest BCUT2D eigenvalue weighted by Gasteiger charge is 2.23. The second kappa shape index (κ2) is 15.6. The van der Waals surface area contributed by atoms with Crippen LogP contribution in [0.25, 0.3) is 0 Å². The number of benzene rings is 2. The summed E-state index contributed by atoms with van der Waals surface area (Å²) in [5.41, 5.74) is 8.37. The zero-order chi connectivity index (χ0) is 27.3. The lowest BCUT2D eigenvalue weighted by Crippen LogP contribution is -2.41. The molecule has 0 bridgehead atoms. The predicted octanol–water partition coefficient (Wildman–Crippen LogP) is 3.12. The molecule has 2 unspecified atom stereocenters. The lowest BCUT2D eigenvalue weighted by Gasteiger charge is -2.27. The van der Waals surface area contributed by atoms with Crippen LogP contribution in [0.2, 0.25) is 0 Å². The maximum absolute atomic E-state index is 10.2. The van der Waals surface area contributed by atoms with Crippen LogP contribution in [-0.2, 0) is 5.41 Å². The zero-order valence-electron chi connectivity index (χ0n) is 21.9. The molecule has 0 aromatic heterocycles. The fraction of sp³-hybridized carbons (Fsp3) is 0.481. The Morgan fingerprint density at radius 2 is 1.33 bits per heavy atom. The van der Waals surface area contributed by atoms with E-state index < -0.39 is 12.2 Å². The summed E-state index contributed by atoms with van der Waals surface area (Å²) in [6.45, 7) is 9.84. The maximum Gasteiger partial charge on any atom is 0.119 e. The molecule has 9 heteroatoms. The molecule has 0 amide bonds. The number of ether oxygens (including phenoxy) is 2. The van der Waals surface area contributed by atoms with Crippen molar-refractivity contribution in [2.24, 2.45) is 11.6 Å². The number of hydrogen-bond donors (Lipinski definition) is 5. The SMILES string of the molecule is C/C(N)=C(\CO)N(N)CC(O)COc1ccc(C(C)(C)c2ccc(OCC(O)CCl)cc2)cc1.CC. The van der Waals surface area contributed by atoms with Gasteiger partial charge in [0.25, 0.3) is 0 Å². The molecule has 7 N–H and O–H groups in total. The Bertz CT molecular complexity index is 916. The molecule has 0 heterocycles. The molecule has 2 atom stereocenters. The molecule has 0 aliphatic rings. The Kier molecular flexibility index (Phi) is 13.7. The topological polar surface area (TPSA) is 134 Å². The number of nitrogens with zero attached hydrogens (tertiary/aromatic N) is 1. The number of alkyl halides is 1. The van der Waals surface area contributed by atoms with Crippen molar-refractivity contribution in [3.8, 4) is 11.5 Å². The molecule has 0 saturated heterocycles. The van der Waals surface area contributed by atoms with E-state index in [-0.39, 0.29) is 37.7 Å². The average Bonchev–Trinajstić information content (AvgIpc) is 2.87. The fourth-order valence-electron chi connectivity index (χ4n) is 3.36. The number of allylic oxidation sites excluding steroid dienone is 1. The van der Waals surface area contributed by atoms with Gasteiger partial charge in [-0.15, -0.1) is 11.6 Å². The van der Waals surface area contributed by atoms with E-state index in [1.54, 1.807) is 6.92 Å². The van der Waals surface area contributed by atoms with E-state index in [1.165, 1.54) is 5.01 Å². The van der Waals surface area contributed by atoms with Gasteiger partial charge < -0.3 is 35.5 Å². The number of hydrogen-bond acceptors (Lipinski definition) is 8. The van der Waals surface area contributed by atoms with Gasteiger partial charge in [-0.25, -0.2) is 5.84 Å². The average molecular weight is 524 g/mol. The Balaban J connectivity index is 0.00000316. The van der Waals surface area contributed by atoms with Crippen LogP contribution in [-0.4, -0.2) is 64.8 Å². The first-order valence-electron chi connectivity index (χ1n) is 12.1. The van der Waals surface area contributed by atoms with Crippen LogP contribution in [0.5, 0.6) is 11.5 Å². The summed E-state index contributed by atoms with van der Waals surface area (Å²) in [6, 6.07) is 15.4. The number of nitrogens with two attached hydrogens (primary N) is 2. The third-order valence-electron chi connectivity index (χ3n) is 5.57. The zero-order valence-corrected chi connectivity index (χ0v) is 22.7. The first-order valence-corrected chi connectivity index (χ1v) is 12.6. The number of halogens is 1. The predicted molar refractivity (Wildman–Crippen MR) is 145 cm³/mol. The van der Waals surface area contributed by atoms with E-state index in [2.05, 4.69) is 13.8 Å². The number of rotatable bonds is 13. The Morgan fingerprint density at radius 3 is 1.69 bits per heavy atom. The van der Waals surface area contributed by atoms with Gasteiger partial charge in [0.15, 0.2) is 0 Å².